The molecule has 0 heterocycles. The Kier molecular flexibility index (Phi) is 4.19. The van der Waals surface area contributed by atoms with E-state index in [1.165, 1.54) is 19.1 Å². The minimum atomic E-state index is -1.68. The average Bonchev–Trinajstić information content (AvgIpc) is 2.29. The van der Waals surface area contributed by atoms with E-state index in [2.05, 4.69) is 0 Å². The second kappa shape index (κ2) is 5.24. The van der Waals surface area contributed by atoms with Crippen molar-refractivity contribution in [2.75, 3.05) is 0 Å². The summed E-state index contributed by atoms with van der Waals surface area (Å²) in [5, 5.41) is 19.2. The maximum absolute atomic E-state index is 13.6. The molecule has 1 rings (SSSR count). The minimum absolute atomic E-state index is 0.169. The van der Waals surface area contributed by atoms with Crippen molar-refractivity contribution in [3.05, 3.63) is 35.4 Å². The molecule has 17 heavy (non-hydrogen) atoms. The summed E-state index contributed by atoms with van der Waals surface area (Å²) >= 11 is 0. The number of nitriles is 1. The zero-order valence-corrected chi connectivity index (χ0v) is 9.87. The second-order valence-corrected chi connectivity index (χ2v) is 4.22. The van der Waals surface area contributed by atoms with E-state index in [4.69, 9.17) is 5.26 Å². The number of benzene rings is 1. The number of aliphatic hydroxyl groups is 1. The summed E-state index contributed by atoms with van der Waals surface area (Å²) in [5.74, 6) is -2.87. The van der Waals surface area contributed by atoms with Crippen molar-refractivity contribution in [2.24, 2.45) is 5.92 Å². The first kappa shape index (κ1) is 13.6. The summed E-state index contributed by atoms with van der Waals surface area (Å²) in [6.07, 6.45) is 1.12. The van der Waals surface area contributed by atoms with E-state index in [1.807, 2.05) is 13.0 Å². The highest BCUT2D eigenvalue weighted by Crippen LogP contribution is 2.34. The quantitative estimate of drug-likeness (QED) is 0.877. The van der Waals surface area contributed by atoms with Crippen LogP contribution in [0.3, 0.4) is 0 Å². The summed E-state index contributed by atoms with van der Waals surface area (Å²) < 4.78 is 26.7. The van der Waals surface area contributed by atoms with Crippen molar-refractivity contribution in [1.29, 1.82) is 5.26 Å². The summed E-state index contributed by atoms with van der Waals surface area (Å²) in [7, 11) is 0. The van der Waals surface area contributed by atoms with Gasteiger partial charge in [-0.05, 0) is 19.4 Å². The lowest BCUT2D eigenvalue weighted by Crippen LogP contribution is -2.32. The van der Waals surface area contributed by atoms with Crippen LogP contribution in [0.4, 0.5) is 8.78 Å². The largest absolute Gasteiger partial charge is 0.384 e. The van der Waals surface area contributed by atoms with Gasteiger partial charge in [-0.25, -0.2) is 8.78 Å². The Bertz CT molecular complexity index is 438. The van der Waals surface area contributed by atoms with Crippen molar-refractivity contribution >= 4 is 0 Å². The van der Waals surface area contributed by atoms with Crippen LogP contribution in [0.5, 0.6) is 0 Å². The molecule has 2 unspecified atom stereocenters. The number of rotatable bonds is 4. The Morgan fingerprint density at radius 3 is 2.65 bits per heavy atom. The van der Waals surface area contributed by atoms with Crippen LogP contribution in [0, 0.1) is 28.9 Å². The summed E-state index contributed by atoms with van der Waals surface area (Å²) in [6.45, 7) is 3.21. The third kappa shape index (κ3) is 2.62. The molecule has 92 valence electrons. The van der Waals surface area contributed by atoms with Crippen LogP contribution in [-0.2, 0) is 5.60 Å². The molecule has 0 aromatic heterocycles. The molecule has 0 amide bonds. The summed E-state index contributed by atoms with van der Waals surface area (Å²) in [6, 6.07) is 5.56. The predicted octanol–water partition coefficient (Wildman–Crippen LogP) is 3.11. The van der Waals surface area contributed by atoms with Crippen molar-refractivity contribution in [3.63, 3.8) is 0 Å². The molecule has 2 nitrogen and oxygen atoms in total. The zero-order chi connectivity index (χ0) is 13.1. The van der Waals surface area contributed by atoms with Gasteiger partial charge in [0.2, 0.25) is 0 Å². The molecule has 0 aliphatic rings. The van der Waals surface area contributed by atoms with Crippen LogP contribution < -0.4 is 0 Å². The SMILES string of the molecule is CCCC(C#N)C(C)(O)c1cccc(F)c1F. The number of hydrogen-bond acceptors (Lipinski definition) is 2. The van der Waals surface area contributed by atoms with Gasteiger partial charge in [-0.1, -0.05) is 25.5 Å². The van der Waals surface area contributed by atoms with Crippen LogP contribution in [-0.4, -0.2) is 5.11 Å². The van der Waals surface area contributed by atoms with E-state index in [9.17, 15) is 13.9 Å². The maximum atomic E-state index is 13.6. The van der Waals surface area contributed by atoms with E-state index >= 15 is 0 Å². The van der Waals surface area contributed by atoms with E-state index in [-0.39, 0.29) is 5.56 Å². The van der Waals surface area contributed by atoms with Gasteiger partial charge in [-0.15, -0.1) is 0 Å². The molecule has 0 fully saturated rings. The topological polar surface area (TPSA) is 44.0 Å². The Labute approximate surface area is 99.5 Å². The van der Waals surface area contributed by atoms with E-state index in [0.29, 0.717) is 12.8 Å². The Morgan fingerprint density at radius 1 is 1.47 bits per heavy atom. The maximum Gasteiger partial charge on any atom is 0.164 e. The van der Waals surface area contributed by atoms with Gasteiger partial charge < -0.3 is 5.11 Å². The highest BCUT2D eigenvalue weighted by molar-refractivity contribution is 5.27. The average molecular weight is 239 g/mol. The molecule has 1 aromatic carbocycles. The van der Waals surface area contributed by atoms with E-state index in [1.54, 1.807) is 0 Å². The monoisotopic (exact) mass is 239 g/mol. The van der Waals surface area contributed by atoms with Gasteiger partial charge in [0, 0.05) is 5.56 Å². The van der Waals surface area contributed by atoms with E-state index < -0.39 is 23.2 Å². The summed E-state index contributed by atoms with van der Waals surface area (Å²) in [5.41, 5.74) is -1.85. The van der Waals surface area contributed by atoms with Gasteiger partial charge in [0.05, 0.1) is 12.0 Å². The highest BCUT2D eigenvalue weighted by atomic mass is 19.2. The lowest BCUT2D eigenvalue weighted by Gasteiger charge is -2.29. The van der Waals surface area contributed by atoms with Crippen LogP contribution in [0.25, 0.3) is 0 Å². The molecule has 0 bridgehead atoms. The van der Waals surface area contributed by atoms with Crippen LogP contribution in [0.1, 0.15) is 32.3 Å². The molecule has 0 saturated carbocycles. The first-order chi connectivity index (χ1) is 7.95. The first-order valence-electron chi connectivity index (χ1n) is 5.51. The van der Waals surface area contributed by atoms with Gasteiger partial charge >= 0.3 is 0 Å². The Hall–Kier alpha value is -1.47. The van der Waals surface area contributed by atoms with Gasteiger partial charge in [-0.3, -0.25) is 0 Å². The third-order valence-corrected chi connectivity index (χ3v) is 2.91. The number of hydrogen-bond donors (Lipinski definition) is 1. The predicted molar refractivity (Wildman–Crippen MR) is 59.9 cm³/mol. The molecule has 2 atom stereocenters. The van der Waals surface area contributed by atoms with Gasteiger partial charge in [0.1, 0.15) is 5.60 Å². The fourth-order valence-electron chi connectivity index (χ4n) is 1.84. The molecule has 1 aromatic rings. The molecule has 0 aliphatic carbocycles. The Balaban J connectivity index is 3.20. The van der Waals surface area contributed by atoms with Crippen molar-refractivity contribution in [2.45, 2.75) is 32.3 Å². The Morgan fingerprint density at radius 2 is 2.12 bits per heavy atom. The van der Waals surface area contributed by atoms with E-state index in [0.717, 1.165) is 6.07 Å². The van der Waals surface area contributed by atoms with Crippen molar-refractivity contribution in [3.8, 4) is 6.07 Å². The molecule has 0 spiro atoms. The third-order valence-electron chi connectivity index (χ3n) is 2.91. The first-order valence-corrected chi connectivity index (χ1v) is 5.51. The second-order valence-electron chi connectivity index (χ2n) is 4.22. The number of halogens is 2. The number of nitrogens with zero attached hydrogens (tertiary/aromatic N) is 1. The fourth-order valence-corrected chi connectivity index (χ4v) is 1.84. The normalized spacial score (nSPS) is 16.0. The molecular formula is C13H15F2NO. The van der Waals surface area contributed by atoms with Crippen molar-refractivity contribution < 1.29 is 13.9 Å². The fraction of sp³-hybridized carbons (Fsp3) is 0.462. The summed E-state index contributed by atoms with van der Waals surface area (Å²) in [4.78, 5) is 0. The molecule has 1 N–H and O–H groups in total. The molecule has 0 saturated heterocycles. The van der Waals surface area contributed by atoms with Crippen LogP contribution in [0.15, 0.2) is 18.2 Å². The highest BCUT2D eigenvalue weighted by Gasteiger charge is 2.36. The lowest BCUT2D eigenvalue weighted by atomic mass is 9.81. The zero-order valence-electron chi connectivity index (χ0n) is 9.87. The van der Waals surface area contributed by atoms with Crippen LogP contribution >= 0.6 is 0 Å². The van der Waals surface area contributed by atoms with Crippen LogP contribution in [0.2, 0.25) is 0 Å². The van der Waals surface area contributed by atoms with Crippen molar-refractivity contribution in [1.82, 2.24) is 0 Å². The minimum Gasteiger partial charge on any atom is -0.384 e. The standard InChI is InChI=1S/C13H15F2NO/c1-3-5-9(8-16)13(2,17)10-6-4-7-11(14)12(10)15/h4,6-7,9,17H,3,5H2,1-2H3. The molecule has 0 radical (unpaired) electrons. The smallest absolute Gasteiger partial charge is 0.164 e. The van der Waals surface area contributed by atoms with Gasteiger partial charge in [0.15, 0.2) is 11.6 Å². The molecular weight excluding hydrogens is 224 g/mol. The van der Waals surface area contributed by atoms with Gasteiger partial charge in [0.25, 0.3) is 0 Å². The molecule has 4 heteroatoms. The van der Waals surface area contributed by atoms with Gasteiger partial charge in [-0.2, -0.15) is 5.26 Å². The lowest BCUT2D eigenvalue weighted by molar-refractivity contribution is 0.00916. The molecule has 0 aliphatic heterocycles.